The second-order valence-corrected chi connectivity index (χ2v) is 7.20. The molecule has 106 valence electrons. The summed E-state index contributed by atoms with van der Waals surface area (Å²) in [5.74, 6) is 2.21. The van der Waals surface area contributed by atoms with Gasteiger partial charge in [0.05, 0.1) is 0 Å². The van der Waals surface area contributed by atoms with Gasteiger partial charge in [0.2, 0.25) is 0 Å². The number of thioether (sulfide) groups is 1. The molecule has 2 unspecified atom stereocenters. The van der Waals surface area contributed by atoms with Crippen LogP contribution in [-0.2, 0) is 0 Å². The summed E-state index contributed by atoms with van der Waals surface area (Å²) < 4.78 is 0.380. The molecule has 1 aliphatic rings. The number of likely N-dealkylation sites (N-methyl/N-ethyl adjacent to an activating group) is 1. The van der Waals surface area contributed by atoms with Gasteiger partial charge >= 0.3 is 0 Å². The third kappa shape index (κ3) is 5.06. The topological polar surface area (TPSA) is 39.7 Å². The van der Waals surface area contributed by atoms with Gasteiger partial charge in [-0.05, 0) is 46.5 Å². The molecule has 1 heterocycles. The summed E-state index contributed by atoms with van der Waals surface area (Å²) >= 11 is 2.07. The Hall–Kier alpha value is -0.420. The van der Waals surface area contributed by atoms with Crippen molar-refractivity contribution >= 4 is 17.7 Å². The lowest BCUT2D eigenvalue weighted by molar-refractivity contribution is 0.312. The Kier molecular flexibility index (Phi) is 6.29. The van der Waals surface area contributed by atoms with Gasteiger partial charge in [0.1, 0.15) is 0 Å². The van der Waals surface area contributed by atoms with Crippen LogP contribution in [0.5, 0.6) is 0 Å². The maximum Gasteiger partial charge on any atom is 0.191 e. The third-order valence-corrected chi connectivity index (χ3v) is 5.14. The molecular formula is C13H28N4S. The lowest BCUT2D eigenvalue weighted by Gasteiger charge is -2.26. The Morgan fingerprint density at radius 2 is 2.17 bits per heavy atom. The van der Waals surface area contributed by atoms with Gasteiger partial charge in [-0.1, -0.05) is 0 Å². The van der Waals surface area contributed by atoms with Gasteiger partial charge in [0.15, 0.2) is 5.96 Å². The molecular weight excluding hydrogens is 244 g/mol. The maximum atomic E-state index is 4.28. The fourth-order valence-corrected chi connectivity index (χ4v) is 3.14. The second kappa shape index (κ2) is 7.24. The SMILES string of the molecule is CN=C(NCC(C)N(C)C)NCC1(C)CCCS1. The minimum atomic E-state index is 0.380. The zero-order valence-electron chi connectivity index (χ0n) is 12.4. The molecule has 0 aliphatic carbocycles. The maximum absolute atomic E-state index is 4.28. The van der Waals surface area contributed by atoms with Gasteiger partial charge in [0.25, 0.3) is 0 Å². The first-order chi connectivity index (χ1) is 8.47. The van der Waals surface area contributed by atoms with Gasteiger partial charge in [-0.25, -0.2) is 0 Å². The van der Waals surface area contributed by atoms with Crippen LogP contribution in [0.15, 0.2) is 4.99 Å². The van der Waals surface area contributed by atoms with Crippen molar-refractivity contribution in [3.63, 3.8) is 0 Å². The fourth-order valence-electron chi connectivity index (χ4n) is 1.89. The summed E-state index contributed by atoms with van der Waals surface area (Å²) in [7, 11) is 6.03. The monoisotopic (exact) mass is 272 g/mol. The van der Waals surface area contributed by atoms with Crippen LogP contribution in [0.2, 0.25) is 0 Å². The molecule has 1 fully saturated rings. The largest absolute Gasteiger partial charge is 0.355 e. The Labute approximate surface area is 116 Å². The predicted molar refractivity (Wildman–Crippen MR) is 82.6 cm³/mol. The van der Waals surface area contributed by atoms with E-state index in [1.165, 1.54) is 18.6 Å². The van der Waals surface area contributed by atoms with E-state index in [1.807, 2.05) is 7.05 Å². The van der Waals surface area contributed by atoms with Crippen LogP contribution in [0.25, 0.3) is 0 Å². The fraction of sp³-hybridized carbons (Fsp3) is 0.923. The third-order valence-electron chi connectivity index (χ3n) is 3.60. The molecule has 1 rings (SSSR count). The molecule has 5 heteroatoms. The summed E-state index contributed by atoms with van der Waals surface area (Å²) in [6.07, 6.45) is 2.64. The smallest absolute Gasteiger partial charge is 0.191 e. The van der Waals surface area contributed by atoms with E-state index in [9.17, 15) is 0 Å². The normalized spacial score (nSPS) is 26.4. The Balaban J connectivity index is 2.30. The van der Waals surface area contributed by atoms with Crippen molar-refractivity contribution in [2.24, 2.45) is 4.99 Å². The van der Waals surface area contributed by atoms with E-state index >= 15 is 0 Å². The average Bonchev–Trinajstić information content (AvgIpc) is 2.76. The number of hydrogen-bond acceptors (Lipinski definition) is 3. The van der Waals surface area contributed by atoms with E-state index in [1.54, 1.807) is 0 Å². The quantitative estimate of drug-likeness (QED) is 0.586. The molecule has 1 aliphatic heterocycles. The molecule has 18 heavy (non-hydrogen) atoms. The molecule has 0 spiro atoms. The number of rotatable bonds is 5. The Morgan fingerprint density at radius 3 is 2.67 bits per heavy atom. The number of hydrogen-bond donors (Lipinski definition) is 2. The number of nitrogens with one attached hydrogen (secondary N) is 2. The van der Waals surface area contributed by atoms with Gasteiger partial charge < -0.3 is 15.5 Å². The van der Waals surface area contributed by atoms with Crippen molar-refractivity contribution < 1.29 is 0 Å². The van der Waals surface area contributed by atoms with Crippen molar-refractivity contribution in [1.82, 2.24) is 15.5 Å². The predicted octanol–water partition coefficient (Wildman–Crippen LogP) is 1.39. The molecule has 0 amide bonds. The van der Waals surface area contributed by atoms with Crippen LogP contribution in [0, 0.1) is 0 Å². The molecule has 0 aromatic rings. The Morgan fingerprint density at radius 1 is 1.44 bits per heavy atom. The van der Waals surface area contributed by atoms with Gasteiger partial charge in [0, 0.05) is 30.9 Å². The zero-order valence-corrected chi connectivity index (χ0v) is 13.2. The molecule has 0 aromatic carbocycles. The van der Waals surface area contributed by atoms with E-state index in [0.29, 0.717) is 10.8 Å². The molecule has 0 saturated carbocycles. The molecule has 1 saturated heterocycles. The van der Waals surface area contributed by atoms with Crippen molar-refractivity contribution in [2.45, 2.75) is 37.5 Å². The van der Waals surface area contributed by atoms with E-state index < -0.39 is 0 Å². The minimum absolute atomic E-state index is 0.380. The first kappa shape index (κ1) is 15.6. The second-order valence-electron chi connectivity index (χ2n) is 5.52. The highest BCUT2D eigenvalue weighted by Gasteiger charge is 2.29. The van der Waals surface area contributed by atoms with Crippen LogP contribution in [0.3, 0.4) is 0 Å². The van der Waals surface area contributed by atoms with Crippen LogP contribution < -0.4 is 10.6 Å². The summed E-state index contributed by atoms with van der Waals surface area (Å²) in [4.78, 5) is 6.48. The van der Waals surface area contributed by atoms with Gasteiger partial charge in [-0.3, -0.25) is 4.99 Å². The van der Waals surface area contributed by atoms with Crippen molar-refractivity contribution in [2.75, 3.05) is 40.0 Å². The highest BCUT2D eigenvalue weighted by molar-refractivity contribution is 8.00. The number of nitrogens with zero attached hydrogens (tertiary/aromatic N) is 2. The van der Waals surface area contributed by atoms with Crippen LogP contribution in [0.1, 0.15) is 26.7 Å². The molecule has 4 nitrogen and oxygen atoms in total. The number of aliphatic imine (C=N–C) groups is 1. The summed E-state index contributed by atoms with van der Waals surface area (Å²) in [5, 5.41) is 6.83. The summed E-state index contributed by atoms with van der Waals surface area (Å²) in [5.41, 5.74) is 0. The summed E-state index contributed by atoms with van der Waals surface area (Å²) in [6.45, 7) is 6.45. The lowest BCUT2D eigenvalue weighted by atomic mass is 10.1. The van der Waals surface area contributed by atoms with Crippen LogP contribution in [-0.4, -0.2) is 61.6 Å². The first-order valence-electron chi connectivity index (χ1n) is 6.72. The first-order valence-corrected chi connectivity index (χ1v) is 7.70. The van der Waals surface area contributed by atoms with E-state index in [0.717, 1.165) is 19.0 Å². The number of guanidine groups is 1. The van der Waals surface area contributed by atoms with E-state index in [2.05, 4.69) is 60.2 Å². The van der Waals surface area contributed by atoms with Gasteiger partial charge in [-0.2, -0.15) is 11.8 Å². The highest BCUT2D eigenvalue weighted by atomic mass is 32.2. The minimum Gasteiger partial charge on any atom is -0.355 e. The van der Waals surface area contributed by atoms with Crippen molar-refractivity contribution in [1.29, 1.82) is 0 Å². The van der Waals surface area contributed by atoms with Crippen molar-refractivity contribution in [3.05, 3.63) is 0 Å². The molecule has 0 aromatic heterocycles. The van der Waals surface area contributed by atoms with Crippen LogP contribution in [0.4, 0.5) is 0 Å². The Bertz CT molecular complexity index is 272. The van der Waals surface area contributed by atoms with E-state index in [4.69, 9.17) is 0 Å². The van der Waals surface area contributed by atoms with Crippen molar-refractivity contribution in [3.8, 4) is 0 Å². The van der Waals surface area contributed by atoms with Crippen LogP contribution >= 0.6 is 11.8 Å². The summed E-state index contributed by atoms with van der Waals surface area (Å²) in [6, 6.07) is 0.500. The molecule has 0 bridgehead atoms. The lowest BCUT2D eigenvalue weighted by Crippen LogP contribution is -2.47. The molecule has 2 atom stereocenters. The highest BCUT2D eigenvalue weighted by Crippen LogP contribution is 2.36. The molecule has 0 radical (unpaired) electrons. The standard InChI is InChI=1S/C13H28N4S/c1-11(17(4)5)9-15-12(14-3)16-10-13(2)7-6-8-18-13/h11H,6-10H2,1-5H3,(H2,14,15,16). The van der Waals surface area contributed by atoms with E-state index in [-0.39, 0.29) is 0 Å². The molecule has 2 N–H and O–H groups in total. The zero-order chi connectivity index (χ0) is 13.6. The average molecular weight is 272 g/mol. The van der Waals surface area contributed by atoms with Gasteiger partial charge in [-0.15, -0.1) is 0 Å².